The molecule has 0 spiro atoms. The number of morpholine rings is 1. The van der Waals surface area contributed by atoms with Crippen LogP contribution < -0.4 is 10.6 Å². The third kappa shape index (κ3) is 5.29. The zero-order chi connectivity index (χ0) is 21.5. The van der Waals surface area contributed by atoms with Gasteiger partial charge >= 0.3 is 0 Å². The summed E-state index contributed by atoms with van der Waals surface area (Å²) in [6.07, 6.45) is 0.871. The molecule has 0 aliphatic carbocycles. The lowest BCUT2D eigenvalue weighted by atomic mass is 10.0. The van der Waals surface area contributed by atoms with E-state index in [4.69, 9.17) is 4.74 Å². The molecular formula is C25H27N3O3. The van der Waals surface area contributed by atoms with E-state index in [1.54, 1.807) is 24.3 Å². The van der Waals surface area contributed by atoms with Gasteiger partial charge in [0.25, 0.3) is 11.8 Å². The van der Waals surface area contributed by atoms with E-state index in [0.717, 1.165) is 50.0 Å². The molecule has 6 heteroatoms. The average Bonchev–Trinajstić information content (AvgIpc) is 2.82. The first-order chi connectivity index (χ1) is 15.2. The summed E-state index contributed by atoms with van der Waals surface area (Å²) in [7, 11) is 0. The minimum absolute atomic E-state index is 0.184. The van der Waals surface area contributed by atoms with Crippen LogP contribution in [-0.4, -0.2) is 56.1 Å². The maximum atomic E-state index is 13.0. The van der Waals surface area contributed by atoms with Crippen LogP contribution in [0.3, 0.4) is 0 Å². The number of anilines is 1. The van der Waals surface area contributed by atoms with Crippen LogP contribution in [-0.2, 0) is 4.74 Å². The summed E-state index contributed by atoms with van der Waals surface area (Å²) in [6, 6.07) is 20.5. The van der Waals surface area contributed by atoms with Crippen LogP contribution >= 0.6 is 0 Å². The Morgan fingerprint density at radius 3 is 2.42 bits per heavy atom. The molecule has 1 heterocycles. The van der Waals surface area contributed by atoms with Crippen molar-refractivity contribution in [3.63, 3.8) is 0 Å². The standard InChI is InChI=1S/C25H27N3O3/c29-24(26-13-6-14-28-15-17-31-18-16-28)22-10-3-4-12-23(22)27-25(30)21-11-5-8-19-7-1-2-9-20(19)21/h1-5,7-12H,6,13-18H2,(H,26,29)(H,27,30). The second kappa shape index (κ2) is 10.2. The van der Waals surface area contributed by atoms with Gasteiger partial charge in [-0.3, -0.25) is 14.5 Å². The molecule has 0 aromatic heterocycles. The Bertz CT molecular complexity index is 1060. The number of amides is 2. The number of hydrogen-bond acceptors (Lipinski definition) is 4. The summed E-state index contributed by atoms with van der Waals surface area (Å²) in [6.45, 7) is 4.95. The van der Waals surface area contributed by atoms with E-state index in [-0.39, 0.29) is 11.8 Å². The molecule has 6 nitrogen and oxygen atoms in total. The zero-order valence-electron chi connectivity index (χ0n) is 17.5. The molecule has 0 saturated carbocycles. The first-order valence-corrected chi connectivity index (χ1v) is 10.7. The predicted molar refractivity (Wildman–Crippen MR) is 123 cm³/mol. The third-order valence-corrected chi connectivity index (χ3v) is 5.49. The molecule has 0 bridgehead atoms. The fourth-order valence-corrected chi connectivity index (χ4v) is 3.83. The second-order valence-electron chi connectivity index (χ2n) is 7.59. The smallest absolute Gasteiger partial charge is 0.256 e. The fraction of sp³-hybridized carbons (Fsp3) is 0.280. The van der Waals surface area contributed by atoms with Crippen LogP contribution in [0.15, 0.2) is 66.7 Å². The van der Waals surface area contributed by atoms with Gasteiger partial charge in [0, 0.05) is 25.2 Å². The summed E-state index contributed by atoms with van der Waals surface area (Å²) < 4.78 is 5.36. The average molecular weight is 418 g/mol. The van der Waals surface area contributed by atoms with Crippen LogP contribution in [0, 0.1) is 0 Å². The lowest BCUT2D eigenvalue weighted by Gasteiger charge is -2.26. The number of carbonyl (C=O) groups is 2. The maximum Gasteiger partial charge on any atom is 0.256 e. The van der Waals surface area contributed by atoms with E-state index >= 15 is 0 Å². The molecule has 0 atom stereocenters. The first kappa shape index (κ1) is 21.0. The zero-order valence-corrected chi connectivity index (χ0v) is 17.5. The molecular weight excluding hydrogens is 390 g/mol. The molecule has 160 valence electrons. The van der Waals surface area contributed by atoms with Crippen molar-refractivity contribution >= 4 is 28.3 Å². The van der Waals surface area contributed by atoms with Gasteiger partial charge in [-0.05, 0) is 41.9 Å². The number of hydrogen-bond donors (Lipinski definition) is 2. The quantitative estimate of drug-likeness (QED) is 0.577. The van der Waals surface area contributed by atoms with Crippen LogP contribution in [0.5, 0.6) is 0 Å². The van der Waals surface area contributed by atoms with Gasteiger partial charge in [0.1, 0.15) is 0 Å². The van der Waals surface area contributed by atoms with Gasteiger partial charge in [0.05, 0.1) is 24.5 Å². The molecule has 4 rings (SSSR count). The van der Waals surface area contributed by atoms with Crippen LogP contribution in [0.1, 0.15) is 27.1 Å². The van der Waals surface area contributed by atoms with Gasteiger partial charge in [-0.15, -0.1) is 0 Å². The van der Waals surface area contributed by atoms with Crippen molar-refractivity contribution < 1.29 is 14.3 Å². The number of nitrogens with zero attached hydrogens (tertiary/aromatic N) is 1. The molecule has 1 fully saturated rings. The number of nitrogens with one attached hydrogen (secondary N) is 2. The van der Waals surface area contributed by atoms with Gasteiger partial charge in [-0.25, -0.2) is 0 Å². The molecule has 1 aliphatic rings. The summed E-state index contributed by atoms with van der Waals surface area (Å²) in [5.41, 5.74) is 1.55. The third-order valence-electron chi connectivity index (χ3n) is 5.49. The van der Waals surface area contributed by atoms with Crippen molar-refractivity contribution in [3.05, 3.63) is 77.9 Å². The number of carbonyl (C=O) groups excluding carboxylic acids is 2. The molecule has 31 heavy (non-hydrogen) atoms. The van der Waals surface area contributed by atoms with Crippen LogP contribution in [0.2, 0.25) is 0 Å². The highest BCUT2D eigenvalue weighted by Crippen LogP contribution is 2.21. The van der Waals surface area contributed by atoms with Gasteiger partial charge in [-0.2, -0.15) is 0 Å². The van der Waals surface area contributed by atoms with E-state index in [9.17, 15) is 9.59 Å². The highest BCUT2D eigenvalue weighted by molar-refractivity contribution is 6.14. The fourth-order valence-electron chi connectivity index (χ4n) is 3.83. The maximum absolute atomic E-state index is 13.0. The Balaban J connectivity index is 1.39. The van der Waals surface area contributed by atoms with Gasteiger partial charge in [0.2, 0.25) is 0 Å². The van der Waals surface area contributed by atoms with E-state index in [0.29, 0.717) is 23.4 Å². The Morgan fingerprint density at radius 2 is 1.55 bits per heavy atom. The second-order valence-corrected chi connectivity index (χ2v) is 7.59. The highest BCUT2D eigenvalue weighted by Gasteiger charge is 2.16. The summed E-state index contributed by atoms with van der Waals surface area (Å²) >= 11 is 0. The highest BCUT2D eigenvalue weighted by atomic mass is 16.5. The Kier molecular flexibility index (Phi) is 6.92. The number of ether oxygens (including phenoxy) is 1. The summed E-state index contributed by atoms with van der Waals surface area (Å²) in [5, 5.41) is 7.78. The molecule has 3 aromatic rings. The number of fused-ring (bicyclic) bond motifs is 1. The molecule has 1 saturated heterocycles. The molecule has 2 N–H and O–H groups in total. The van der Waals surface area contributed by atoms with E-state index < -0.39 is 0 Å². The van der Waals surface area contributed by atoms with Crippen molar-refractivity contribution in [3.8, 4) is 0 Å². The van der Waals surface area contributed by atoms with E-state index in [1.807, 2.05) is 42.5 Å². The lowest BCUT2D eigenvalue weighted by molar-refractivity contribution is 0.0374. The van der Waals surface area contributed by atoms with Crippen molar-refractivity contribution in [1.29, 1.82) is 0 Å². The van der Waals surface area contributed by atoms with Crippen molar-refractivity contribution in [2.24, 2.45) is 0 Å². The van der Waals surface area contributed by atoms with Gasteiger partial charge in [0.15, 0.2) is 0 Å². The Morgan fingerprint density at radius 1 is 0.839 bits per heavy atom. The summed E-state index contributed by atoms with van der Waals surface area (Å²) in [4.78, 5) is 28.1. The molecule has 1 aliphatic heterocycles. The normalized spacial score (nSPS) is 14.3. The topological polar surface area (TPSA) is 70.7 Å². The number of benzene rings is 3. The molecule has 0 unspecified atom stereocenters. The van der Waals surface area contributed by atoms with Crippen LogP contribution in [0.4, 0.5) is 5.69 Å². The summed E-state index contributed by atoms with van der Waals surface area (Å²) in [5.74, 6) is -0.417. The Hall–Kier alpha value is -3.22. The molecule has 2 amide bonds. The van der Waals surface area contributed by atoms with Gasteiger partial charge < -0.3 is 15.4 Å². The minimum atomic E-state index is -0.232. The number of para-hydroxylation sites is 1. The first-order valence-electron chi connectivity index (χ1n) is 10.7. The Labute approximate surface area is 182 Å². The SMILES string of the molecule is O=C(NCCCN1CCOCC1)c1ccccc1NC(=O)c1cccc2ccccc12. The van der Waals surface area contributed by atoms with Crippen LogP contribution in [0.25, 0.3) is 10.8 Å². The number of rotatable bonds is 7. The predicted octanol–water partition coefficient (Wildman–Crippen LogP) is 3.54. The minimum Gasteiger partial charge on any atom is -0.379 e. The van der Waals surface area contributed by atoms with E-state index in [1.165, 1.54) is 0 Å². The monoisotopic (exact) mass is 417 g/mol. The lowest BCUT2D eigenvalue weighted by Crippen LogP contribution is -2.38. The van der Waals surface area contributed by atoms with Crippen molar-refractivity contribution in [2.75, 3.05) is 44.7 Å². The van der Waals surface area contributed by atoms with Crippen molar-refractivity contribution in [2.45, 2.75) is 6.42 Å². The molecule has 0 radical (unpaired) electrons. The van der Waals surface area contributed by atoms with Crippen molar-refractivity contribution in [1.82, 2.24) is 10.2 Å². The van der Waals surface area contributed by atoms with Gasteiger partial charge in [-0.1, -0.05) is 48.5 Å². The molecule has 3 aromatic carbocycles. The van der Waals surface area contributed by atoms with E-state index in [2.05, 4.69) is 15.5 Å². The largest absolute Gasteiger partial charge is 0.379 e.